The van der Waals surface area contributed by atoms with E-state index in [2.05, 4.69) is 10.1 Å². The maximum absolute atomic E-state index is 9.43. The molecule has 1 aromatic carbocycles. The van der Waals surface area contributed by atoms with Gasteiger partial charge in [-0.1, -0.05) is 5.16 Å². The number of aliphatic hydroxyl groups excluding tert-OH is 1. The molecule has 1 aliphatic heterocycles. The molecule has 20 heavy (non-hydrogen) atoms. The van der Waals surface area contributed by atoms with Crippen LogP contribution in [-0.2, 0) is 0 Å². The van der Waals surface area contributed by atoms with Crippen LogP contribution in [0.1, 0.15) is 18.4 Å². The van der Waals surface area contributed by atoms with E-state index in [9.17, 15) is 5.11 Å². The van der Waals surface area contributed by atoms with Gasteiger partial charge in [0.2, 0.25) is 0 Å². The lowest BCUT2D eigenvalue weighted by Gasteiger charge is -2.29. The van der Waals surface area contributed by atoms with Crippen LogP contribution in [0.3, 0.4) is 0 Å². The van der Waals surface area contributed by atoms with Gasteiger partial charge in [-0.15, -0.1) is 0 Å². The molecule has 1 aliphatic rings. The zero-order valence-corrected chi connectivity index (χ0v) is 11.4. The zero-order chi connectivity index (χ0) is 14.4. The summed E-state index contributed by atoms with van der Waals surface area (Å²) in [6.45, 7) is 3.31. The van der Waals surface area contributed by atoms with E-state index in [1.54, 1.807) is 24.3 Å². The van der Waals surface area contributed by atoms with E-state index < -0.39 is 0 Å². The van der Waals surface area contributed by atoms with Crippen LogP contribution in [0, 0.1) is 0 Å². The van der Waals surface area contributed by atoms with E-state index in [0.29, 0.717) is 12.2 Å². The third kappa shape index (κ3) is 4.11. The molecule has 0 bridgehead atoms. The first kappa shape index (κ1) is 14.6. The van der Waals surface area contributed by atoms with Crippen molar-refractivity contribution in [3.05, 3.63) is 29.8 Å². The van der Waals surface area contributed by atoms with Gasteiger partial charge in [0.1, 0.15) is 12.4 Å². The summed E-state index contributed by atoms with van der Waals surface area (Å²) in [5, 5.41) is 20.9. The summed E-state index contributed by atoms with van der Waals surface area (Å²) in [5.41, 5.74) is 6.14. The fourth-order valence-corrected chi connectivity index (χ4v) is 2.22. The largest absolute Gasteiger partial charge is 0.492 e. The second-order valence-electron chi connectivity index (χ2n) is 4.93. The Kier molecular flexibility index (Phi) is 5.20. The average molecular weight is 279 g/mol. The molecular weight excluding hydrogens is 258 g/mol. The molecule has 0 saturated carbocycles. The number of hydrogen-bond acceptors (Lipinski definition) is 5. The van der Waals surface area contributed by atoms with Crippen molar-refractivity contribution in [2.75, 3.05) is 26.2 Å². The van der Waals surface area contributed by atoms with Gasteiger partial charge in [0.15, 0.2) is 5.84 Å². The van der Waals surface area contributed by atoms with Crippen LogP contribution in [0.4, 0.5) is 0 Å². The quantitative estimate of drug-likeness (QED) is 0.318. The molecule has 0 aromatic heterocycles. The molecule has 2 rings (SSSR count). The van der Waals surface area contributed by atoms with Crippen molar-refractivity contribution in [1.29, 1.82) is 0 Å². The highest BCUT2D eigenvalue weighted by atomic mass is 16.5. The lowest BCUT2D eigenvalue weighted by molar-refractivity contribution is 0.0755. The van der Waals surface area contributed by atoms with E-state index in [4.69, 9.17) is 15.7 Å². The van der Waals surface area contributed by atoms with E-state index in [-0.39, 0.29) is 11.9 Å². The number of rotatable bonds is 5. The normalized spacial score (nSPS) is 18.1. The Balaban J connectivity index is 1.74. The van der Waals surface area contributed by atoms with Crippen molar-refractivity contribution in [2.24, 2.45) is 10.9 Å². The first-order chi connectivity index (χ1) is 9.69. The lowest BCUT2D eigenvalue weighted by Crippen LogP contribution is -2.38. The van der Waals surface area contributed by atoms with Gasteiger partial charge in [0.05, 0.1) is 6.10 Å². The molecule has 6 heteroatoms. The van der Waals surface area contributed by atoms with Crippen LogP contribution in [-0.4, -0.2) is 53.4 Å². The SMILES string of the molecule is N/C(=N/O)c1ccc(OCCN2CCC(O)CC2)cc1. The van der Waals surface area contributed by atoms with Gasteiger partial charge in [-0.25, -0.2) is 0 Å². The Morgan fingerprint density at radius 3 is 2.55 bits per heavy atom. The van der Waals surface area contributed by atoms with Crippen LogP contribution in [0.2, 0.25) is 0 Å². The predicted molar refractivity (Wildman–Crippen MR) is 76.1 cm³/mol. The Morgan fingerprint density at radius 1 is 1.30 bits per heavy atom. The minimum Gasteiger partial charge on any atom is -0.492 e. The van der Waals surface area contributed by atoms with E-state index in [0.717, 1.165) is 38.2 Å². The second kappa shape index (κ2) is 7.12. The molecule has 0 radical (unpaired) electrons. The molecule has 110 valence electrons. The van der Waals surface area contributed by atoms with Crippen molar-refractivity contribution in [2.45, 2.75) is 18.9 Å². The highest BCUT2D eigenvalue weighted by Crippen LogP contribution is 2.13. The van der Waals surface area contributed by atoms with Crippen LogP contribution < -0.4 is 10.5 Å². The van der Waals surface area contributed by atoms with Crippen molar-refractivity contribution in [3.63, 3.8) is 0 Å². The molecule has 6 nitrogen and oxygen atoms in total. The predicted octanol–water partition coefficient (Wildman–Crippen LogP) is 0.617. The Morgan fingerprint density at radius 2 is 1.95 bits per heavy atom. The molecule has 0 aliphatic carbocycles. The molecule has 1 aromatic rings. The first-order valence-electron chi connectivity index (χ1n) is 6.80. The summed E-state index contributed by atoms with van der Waals surface area (Å²) in [6.07, 6.45) is 1.54. The Labute approximate surface area is 118 Å². The summed E-state index contributed by atoms with van der Waals surface area (Å²) in [5.74, 6) is 0.847. The maximum atomic E-state index is 9.43. The number of piperidine rings is 1. The molecule has 0 atom stereocenters. The molecule has 0 spiro atoms. The van der Waals surface area contributed by atoms with E-state index in [1.165, 1.54) is 0 Å². The average Bonchev–Trinajstić information content (AvgIpc) is 2.49. The highest BCUT2D eigenvalue weighted by Gasteiger charge is 2.16. The van der Waals surface area contributed by atoms with Crippen molar-refractivity contribution >= 4 is 5.84 Å². The molecule has 0 unspecified atom stereocenters. The van der Waals surface area contributed by atoms with Gasteiger partial charge < -0.3 is 20.8 Å². The van der Waals surface area contributed by atoms with Gasteiger partial charge in [0.25, 0.3) is 0 Å². The summed E-state index contributed by atoms with van der Waals surface area (Å²) in [7, 11) is 0. The number of benzene rings is 1. The number of likely N-dealkylation sites (tertiary alicyclic amines) is 1. The van der Waals surface area contributed by atoms with Crippen LogP contribution in [0.5, 0.6) is 5.75 Å². The van der Waals surface area contributed by atoms with Gasteiger partial charge in [0, 0.05) is 25.2 Å². The number of nitrogens with two attached hydrogens (primary N) is 1. The summed E-state index contributed by atoms with van der Waals surface area (Å²) >= 11 is 0. The number of aliphatic hydroxyl groups is 1. The minimum atomic E-state index is -0.140. The van der Waals surface area contributed by atoms with Gasteiger partial charge in [-0.2, -0.15) is 0 Å². The molecular formula is C14H21N3O3. The highest BCUT2D eigenvalue weighted by molar-refractivity contribution is 5.97. The number of nitrogens with zero attached hydrogens (tertiary/aromatic N) is 2. The summed E-state index contributed by atoms with van der Waals surface area (Å²) < 4.78 is 5.66. The fourth-order valence-electron chi connectivity index (χ4n) is 2.22. The maximum Gasteiger partial charge on any atom is 0.170 e. The van der Waals surface area contributed by atoms with E-state index >= 15 is 0 Å². The summed E-state index contributed by atoms with van der Waals surface area (Å²) in [4.78, 5) is 2.29. The standard InChI is InChI=1S/C14H21N3O3/c15-14(16-19)11-1-3-13(4-2-11)20-10-9-17-7-5-12(18)6-8-17/h1-4,12,18-19H,5-10H2,(H2,15,16). The number of amidine groups is 1. The van der Waals surface area contributed by atoms with Crippen LogP contribution in [0.15, 0.2) is 29.4 Å². The van der Waals surface area contributed by atoms with Crippen molar-refractivity contribution in [3.8, 4) is 5.75 Å². The van der Waals surface area contributed by atoms with Gasteiger partial charge >= 0.3 is 0 Å². The number of ether oxygens (including phenoxy) is 1. The Hall–Kier alpha value is -1.79. The number of oxime groups is 1. The van der Waals surface area contributed by atoms with Crippen molar-refractivity contribution in [1.82, 2.24) is 4.90 Å². The molecule has 4 N–H and O–H groups in total. The summed E-state index contributed by atoms with van der Waals surface area (Å²) in [6, 6.07) is 7.10. The lowest BCUT2D eigenvalue weighted by atomic mass is 10.1. The first-order valence-corrected chi connectivity index (χ1v) is 6.80. The van der Waals surface area contributed by atoms with Gasteiger partial charge in [-0.05, 0) is 37.1 Å². The topological polar surface area (TPSA) is 91.3 Å². The van der Waals surface area contributed by atoms with Crippen molar-refractivity contribution < 1.29 is 15.1 Å². The molecule has 1 heterocycles. The molecule has 1 fully saturated rings. The van der Waals surface area contributed by atoms with Crippen LogP contribution >= 0.6 is 0 Å². The third-order valence-electron chi connectivity index (χ3n) is 3.49. The van der Waals surface area contributed by atoms with Crippen LogP contribution in [0.25, 0.3) is 0 Å². The fraction of sp³-hybridized carbons (Fsp3) is 0.500. The minimum absolute atomic E-state index is 0.0865. The molecule has 1 saturated heterocycles. The van der Waals surface area contributed by atoms with Gasteiger partial charge in [-0.3, -0.25) is 4.90 Å². The molecule has 0 amide bonds. The third-order valence-corrected chi connectivity index (χ3v) is 3.49. The monoisotopic (exact) mass is 279 g/mol. The smallest absolute Gasteiger partial charge is 0.170 e. The number of hydrogen-bond donors (Lipinski definition) is 3. The second-order valence-corrected chi connectivity index (χ2v) is 4.93. The zero-order valence-electron chi connectivity index (χ0n) is 11.4. The van der Waals surface area contributed by atoms with E-state index in [1.807, 2.05) is 0 Å². The Bertz CT molecular complexity index is 439.